The maximum absolute atomic E-state index is 5.72. The normalized spacial score (nSPS) is 20.1. The highest BCUT2D eigenvalue weighted by Crippen LogP contribution is 2.43. The van der Waals surface area contributed by atoms with Gasteiger partial charge in [-0.25, -0.2) is 0 Å². The number of alkyl halides is 1. The molecular formula is C16H22Br2O3. The van der Waals surface area contributed by atoms with E-state index in [1.54, 1.807) is 0 Å². The lowest BCUT2D eigenvalue weighted by Crippen LogP contribution is -2.21. The Kier molecular flexibility index (Phi) is 6.83. The second kappa shape index (κ2) is 8.39. The fraction of sp³-hybridized carbons (Fsp3) is 0.625. The molecule has 21 heavy (non-hydrogen) atoms. The van der Waals surface area contributed by atoms with Gasteiger partial charge in [0.15, 0.2) is 11.5 Å². The number of hydrogen-bond acceptors (Lipinski definition) is 3. The van der Waals surface area contributed by atoms with Crippen LogP contribution in [0, 0.1) is 5.92 Å². The Balaban J connectivity index is 2.27. The highest BCUT2D eigenvalue weighted by Gasteiger charge is 2.26. The SMILES string of the molecule is CCOc1cc(Br)c(C(Br)C2CCCOC2)cc1OCC. The van der Waals surface area contributed by atoms with E-state index in [2.05, 4.69) is 37.9 Å². The largest absolute Gasteiger partial charge is 0.490 e. The van der Waals surface area contributed by atoms with Crippen molar-refractivity contribution in [1.82, 2.24) is 0 Å². The zero-order chi connectivity index (χ0) is 15.2. The average Bonchev–Trinajstić information content (AvgIpc) is 2.50. The summed E-state index contributed by atoms with van der Waals surface area (Å²) in [5.41, 5.74) is 1.19. The van der Waals surface area contributed by atoms with Gasteiger partial charge in [-0.2, -0.15) is 0 Å². The van der Waals surface area contributed by atoms with Gasteiger partial charge in [0.1, 0.15) is 0 Å². The maximum atomic E-state index is 5.72. The highest BCUT2D eigenvalue weighted by atomic mass is 79.9. The molecule has 0 spiro atoms. The van der Waals surface area contributed by atoms with Crippen molar-refractivity contribution >= 4 is 31.9 Å². The van der Waals surface area contributed by atoms with Gasteiger partial charge in [-0.3, -0.25) is 0 Å². The number of benzene rings is 1. The molecule has 118 valence electrons. The second-order valence-electron chi connectivity index (χ2n) is 5.07. The van der Waals surface area contributed by atoms with E-state index in [0.717, 1.165) is 35.6 Å². The topological polar surface area (TPSA) is 27.7 Å². The van der Waals surface area contributed by atoms with E-state index in [1.165, 1.54) is 12.0 Å². The lowest BCUT2D eigenvalue weighted by Gasteiger charge is -2.28. The Morgan fingerprint density at radius 2 is 1.90 bits per heavy atom. The van der Waals surface area contributed by atoms with E-state index < -0.39 is 0 Å². The fourth-order valence-corrected chi connectivity index (χ4v) is 4.22. The van der Waals surface area contributed by atoms with Crippen LogP contribution < -0.4 is 9.47 Å². The summed E-state index contributed by atoms with van der Waals surface area (Å²) in [6.07, 6.45) is 2.30. The molecule has 0 aliphatic carbocycles. The van der Waals surface area contributed by atoms with Gasteiger partial charge >= 0.3 is 0 Å². The van der Waals surface area contributed by atoms with Crippen molar-refractivity contribution in [2.24, 2.45) is 5.92 Å². The quantitative estimate of drug-likeness (QED) is 0.597. The molecule has 1 fully saturated rings. The molecule has 3 nitrogen and oxygen atoms in total. The van der Waals surface area contributed by atoms with Crippen molar-refractivity contribution in [3.05, 3.63) is 22.2 Å². The number of rotatable bonds is 6. The Bertz CT molecular complexity index is 459. The third kappa shape index (κ3) is 4.36. The van der Waals surface area contributed by atoms with Gasteiger partial charge in [0.2, 0.25) is 0 Å². The predicted octanol–water partition coefficient (Wildman–Crippen LogP) is 5.11. The van der Waals surface area contributed by atoms with E-state index in [9.17, 15) is 0 Å². The van der Waals surface area contributed by atoms with Crippen LogP contribution in [0.4, 0.5) is 0 Å². The van der Waals surface area contributed by atoms with E-state index in [-0.39, 0.29) is 4.83 Å². The highest BCUT2D eigenvalue weighted by molar-refractivity contribution is 9.11. The summed E-state index contributed by atoms with van der Waals surface area (Å²) in [4.78, 5) is 0.252. The van der Waals surface area contributed by atoms with Crippen molar-refractivity contribution in [1.29, 1.82) is 0 Å². The molecule has 1 saturated heterocycles. The summed E-state index contributed by atoms with van der Waals surface area (Å²) in [7, 11) is 0. The Labute approximate surface area is 143 Å². The average molecular weight is 422 g/mol. The van der Waals surface area contributed by atoms with Crippen molar-refractivity contribution < 1.29 is 14.2 Å². The van der Waals surface area contributed by atoms with Crippen LogP contribution in [0.15, 0.2) is 16.6 Å². The van der Waals surface area contributed by atoms with Crippen molar-refractivity contribution in [3.8, 4) is 11.5 Å². The van der Waals surface area contributed by atoms with Gasteiger partial charge < -0.3 is 14.2 Å². The first-order valence-electron chi connectivity index (χ1n) is 7.48. The molecule has 2 rings (SSSR count). The molecule has 0 saturated carbocycles. The molecule has 0 bridgehead atoms. The summed E-state index contributed by atoms with van der Waals surface area (Å²) in [6, 6.07) is 4.08. The van der Waals surface area contributed by atoms with E-state index in [0.29, 0.717) is 19.1 Å². The molecule has 0 amide bonds. The summed E-state index contributed by atoms with van der Waals surface area (Å²) >= 11 is 7.50. The van der Waals surface area contributed by atoms with Crippen LogP contribution in [0.25, 0.3) is 0 Å². The van der Waals surface area contributed by atoms with Gasteiger partial charge in [0.05, 0.1) is 19.8 Å². The number of hydrogen-bond donors (Lipinski definition) is 0. The first-order valence-corrected chi connectivity index (χ1v) is 9.19. The van der Waals surface area contributed by atoms with Crippen LogP contribution in [0.1, 0.15) is 37.1 Å². The van der Waals surface area contributed by atoms with Crippen LogP contribution in [-0.2, 0) is 4.74 Å². The molecule has 2 atom stereocenters. The standard InChI is InChI=1S/C16H22Br2O3/c1-3-20-14-8-12(13(17)9-15(14)21-4-2)16(18)11-6-5-7-19-10-11/h8-9,11,16H,3-7,10H2,1-2H3. The van der Waals surface area contributed by atoms with E-state index in [1.807, 2.05) is 19.9 Å². The van der Waals surface area contributed by atoms with Crippen molar-refractivity contribution in [2.75, 3.05) is 26.4 Å². The monoisotopic (exact) mass is 420 g/mol. The molecule has 1 aromatic rings. The molecule has 1 heterocycles. The molecule has 5 heteroatoms. The molecule has 1 aliphatic rings. The van der Waals surface area contributed by atoms with Gasteiger partial charge in [-0.1, -0.05) is 31.9 Å². The predicted molar refractivity (Wildman–Crippen MR) is 91.7 cm³/mol. The summed E-state index contributed by atoms with van der Waals surface area (Å²) < 4.78 is 18.0. The summed E-state index contributed by atoms with van der Waals surface area (Å²) in [5, 5.41) is 0. The van der Waals surface area contributed by atoms with Gasteiger partial charge in [0, 0.05) is 15.9 Å². The first kappa shape index (κ1) is 17.1. The molecule has 0 aromatic heterocycles. The van der Waals surface area contributed by atoms with Crippen LogP contribution in [0.5, 0.6) is 11.5 Å². The van der Waals surface area contributed by atoms with Gasteiger partial charge in [0.25, 0.3) is 0 Å². The van der Waals surface area contributed by atoms with Crippen LogP contribution in [0.3, 0.4) is 0 Å². The number of halogens is 2. The minimum Gasteiger partial charge on any atom is -0.490 e. The second-order valence-corrected chi connectivity index (χ2v) is 6.91. The Hall–Kier alpha value is -0.260. The molecule has 1 aromatic carbocycles. The fourth-order valence-electron chi connectivity index (χ4n) is 2.55. The lowest BCUT2D eigenvalue weighted by molar-refractivity contribution is 0.0545. The summed E-state index contributed by atoms with van der Waals surface area (Å²) in [5.74, 6) is 2.08. The van der Waals surface area contributed by atoms with E-state index in [4.69, 9.17) is 14.2 Å². The summed E-state index contributed by atoms with van der Waals surface area (Å²) in [6.45, 7) is 6.90. The van der Waals surface area contributed by atoms with Crippen LogP contribution in [0.2, 0.25) is 0 Å². The minimum atomic E-state index is 0.252. The molecule has 1 aliphatic heterocycles. The Morgan fingerprint density at radius 1 is 1.24 bits per heavy atom. The van der Waals surface area contributed by atoms with Crippen molar-refractivity contribution in [2.45, 2.75) is 31.5 Å². The zero-order valence-corrected chi connectivity index (χ0v) is 15.7. The van der Waals surface area contributed by atoms with Crippen LogP contribution >= 0.6 is 31.9 Å². The third-order valence-electron chi connectivity index (χ3n) is 3.57. The minimum absolute atomic E-state index is 0.252. The Morgan fingerprint density at radius 3 is 2.48 bits per heavy atom. The van der Waals surface area contributed by atoms with E-state index >= 15 is 0 Å². The molecular weight excluding hydrogens is 400 g/mol. The van der Waals surface area contributed by atoms with Gasteiger partial charge in [-0.15, -0.1) is 0 Å². The number of ether oxygens (including phenoxy) is 3. The lowest BCUT2D eigenvalue weighted by atomic mass is 9.94. The third-order valence-corrected chi connectivity index (χ3v) is 5.50. The zero-order valence-electron chi connectivity index (χ0n) is 12.5. The van der Waals surface area contributed by atoms with Gasteiger partial charge in [-0.05, 0) is 50.3 Å². The first-order chi connectivity index (χ1) is 10.2. The molecule has 2 unspecified atom stereocenters. The smallest absolute Gasteiger partial charge is 0.162 e. The maximum Gasteiger partial charge on any atom is 0.162 e. The molecule has 0 N–H and O–H groups in total. The van der Waals surface area contributed by atoms with Crippen molar-refractivity contribution in [3.63, 3.8) is 0 Å². The molecule has 0 radical (unpaired) electrons. The van der Waals surface area contributed by atoms with Crippen LogP contribution in [-0.4, -0.2) is 26.4 Å².